The topological polar surface area (TPSA) is 69.6 Å². The molecular weight excluding hydrogens is 316 g/mol. The second-order valence-corrected chi connectivity index (χ2v) is 5.20. The van der Waals surface area contributed by atoms with Crippen LogP contribution in [0.25, 0.3) is 0 Å². The van der Waals surface area contributed by atoms with Crippen LogP contribution in [0.3, 0.4) is 0 Å². The number of carbonyl (C=O) groups excluding carboxylic acids is 1. The molecule has 0 bridgehead atoms. The number of nitrogens with zero attached hydrogens (tertiary/aromatic N) is 1. The van der Waals surface area contributed by atoms with Gasteiger partial charge in [0.2, 0.25) is 5.91 Å². The van der Waals surface area contributed by atoms with Crippen LogP contribution in [-0.2, 0) is 9.59 Å². The quantitative estimate of drug-likeness (QED) is 0.724. The predicted molar refractivity (Wildman–Crippen MR) is 93.8 cm³/mol. The molecule has 0 fully saturated rings. The summed E-state index contributed by atoms with van der Waals surface area (Å²) in [7, 11) is 0. The minimum atomic E-state index is -0.921. The average molecular weight is 343 g/mol. The molecule has 0 heterocycles. The van der Waals surface area contributed by atoms with Crippen LogP contribution >= 0.6 is 12.4 Å². The molecule has 2 N–H and O–H groups in total. The lowest BCUT2D eigenvalue weighted by molar-refractivity contribution is -0.141. The second kappa shape index (κ2) is 11.0. The van der Waals surface area contributed by atoms with Gasteiger partial charge in [-0.05, 0) is 25.8 Å². The molecule has 130 valence electrons. The molecule has 0 radical (unpaired) electrons. The molecule has 1 rings (SSSR count). The van der Waals surface area contributed by atoms with E-state index in [1.54, 1.807) is 4.90 Å². The van der Waals surface area contributed by atoms with E-state index in [4.69, 9.17) is 0 Å². The van der Waals surface area contributed by atoms with Crippen LogP contribution in [-0.4, -0.2) is 41.0 Å². The van der Waals surface area contributed by atoms with Crippen molar-refractivity contribution >= 4 is 24.3 Å². The van der Waals surface area contributed by atoms with Crippen LogP contribution in [0, 0.1) is 0 Å². The van der Waals surface area contributed by atoms with Crippen LogP contribution < -0.4 is 5.32 Å². The fraction of sp³-hybridized carbons (Fsp3) is 0.529. The maximum absolute atomic E-state index is 12.7. The van der Waals surface area contributed by atoms with Gasteiger partial charge in [0, 0.05) is 13.1 Å². The summed E-state index contributed by atoms with van der Waals surface area (Å²) >= 11 is 0. The van der Waals surface area contributed by atoms with E-state index < -0.39 is 18.1 Å². The molecule has 0 saturated carbocycles. The summed E-state index contributed by atoms with van der Waals surface area (Å²) in [6.07, 6.45) is 1.23. The standard InChI is InChI=1S/C17H26N2O3.ClH/c1-4-10-14(17(21)22)18-15(13-11-8-7-9-12-13)16(20)19(5-2)6-3;/h7-9,11-12,14-15,18H,4-6,10H2,1-3H3,(H,21,22);1H. The fourth-order valence-electron chi connectivity index (χ4n) is 2.44. The Balaban J connectivity index is 0.00000484. The molecule has 2 atom stereocenters. The van der Waals surface area contributed by atoms with E-state index in [1.807, 2.05) is 51.1 Å². The van der Waals surface area contributed by atoms with Crippen LogP contribution in [0.5, 0.6) is 0 Å². The molecule has 1 aromatic carbocycles. The van der Waals surface area contributed by atoms with Gasteiger partial charge in [-0.15, -0.1) is 12.4 Å². The Morgan fingerprint density at radius 1 is 1.13 bits per heavy atom. The Morgan fingerprint density at radius 2 is 1.70 bits per heavy atom. The first-order valence-electron chi connectivity index (χ1n) is 7.87. The van der Waals surface area contributed by atoms with Crippen LogP contribution in [0.1, 0.15) is 45.2 Å². The number of likely N-dealkylation sites (N-methyl/N-ethyl adjacent to an activating group) is 1. The number of carbonyl (C=O) groups is 2. The van der Waals surface area contributed by atoms with E-state index in [-0.39, 0.29) is 18.3 Å². The molecular formula is C17H27ClN2O3. The van der Waals surface area contributed by atoms with E-state index in [0.29, 0.717) is 19.5 Å². The third-order valence-corrected chi connectivity index (χ3v) is 3.70. The molecule has 23 heavy (non-hydrogen) atoms. The monoisotopic (exact) mass is 342 g/mol. The largest absolute Gasteiger partial charge is 0.480 e. The molecule has 5 nitrogen and oxygen atoms in total. The lowest BCUT2D eigenvalue weighted by Crippen LogP contribution is -2.47. The van der Waals surface area contributed by atoms with E-state index in [1.165, 1.54) is 0 Å². The highest BCUT2D eigenvalue weighted by Crippen LogP contribution is 2.18. The van der Waals surface area contributed by atoms with Gasteiger partial charge in [-0.3, -0.25) is 14.9 Å². The van der Waals surface area contributed by atoms with Gasteiger partial charge < -0.3 is 10.0 Å². The maximum Gasteiger partial charge on any atom is 0.320 e. The van der Waals surface area contributed by atoms with Crippen LogP contribution in [0.15, 0.2) is 30.3 Å². The van der Waals surface area contributed by atoms with E-state index in [2.05, 4.69) is 5.32 Å². The summed E-state index contributed by atoms with van der Waals surface area (Å²) in [5.74, 6) is -1.01. The van der Waals surface area contributed by atoms with E-state index in [9.17, 15) is 14.7 Å². The second-order valence-electron chi connectivity index (χ2n) is 5.20. The lowest BCUT2D eigenvalue weighted by atomic mass is 10.0. The first-order chi connectivity index (χ1) is 10.5. The van der Waals surface area contributed by atoms with Crippen molar-refractivity contribution in [3.63, 3.8) is 0 Å². The lowest BCUT2D eigenvalue weighted by Gasteiger charge is -2.28. The predicted octanol–water partition coefficient (Wildman–Crippen LogP) is 2.86. The number of rotatable bonds is 9. The summed E-state index contributed by atoms with van der Waals surface area (Å²) in [6.45, 7) is 6.98. The number of halogens is 1. The van der Waals surface area contributed by atoms with Crippen molar-refractivity contribution in [2.24, 2.45) is 0 Å². The van der Waals surface area contributed by atoms with Gasteiger partial charge in [0.25, 0.3) is 0 Å². The minimum Gasteiger partial charge on any atom is -0.480 e. The Morgan fingerprint density at radius 3 is 2.13 bits per heavy atom. The molecule has 6 heteroatoms. The Hall–Kier alpha value is -1.59. The van der Waals surface area contributed by atoms with Crippen molar-refractivity contribution in [3.8, 4) is 0 Å². The fourth-order valence-corrected chi connectivity index (χ4v) is 2.44. The van der Waals surface area contributed by atoms with Gasteiger partial charge in [-0.1, -0.05) is 43.7 Å². The van der Waals surface area contributed by atoms with Crippen molar-refractivity contribution in [1.29, 1.82) is 0 Å². The molecule has 0 saturated heterocycles. The van der Waals surface area contributed by atoms with Crippen LogP contribution in [0.2, 0.25) is 0 Å². The van der Waals surface area contributed by atoms with Gasteiger partial charge in [0.05, 0.1) is 0 Å². The Labute approximate surface area is 144 Å². The van der Waals surface area contributed by atoms with Crippen molar-refractivity contribution in [3.05, 3.63) is 35.9 Å². The average Bonchev–Trinajstić information content (AvgIpc) is 2.53. The first kappa shape index (κ1) is 21.4. The highest BCUT2D eigenvalue weighted by atomic mass is 35.5. The van der Waals surface area contributed by atoms with Crippen LogP contribution in [0.4, 0.5) is 0 Å². The molecule has 0 aliphatic heterocycles. The number of nitrogens with one attached hydrogen (secondary N) is 1. The van der Waals surface area contributed by atoms with Crippen molar-refractivity contribution in [2.75, 3.05) is 13.1 Å². The van der Waals surface area contributed by atoms with Gasteiger partial charge in [0.15, 0.2) is 0 Å². The summed E-state index contributed by atoms with van der Waals surface area (Å²) in [5.41, 5.74) is 0.793. The summed E-state index contributed by atoms with van der Waals surface area (Å²) in [6, 6.07) is 7.94. The highest BCUT2D eigenvalue weighted by Gasteiger charge is 2.29. The summed E-state index contributed by atoms with van der Waals surface area (Å²) in [4.78, 5) is 25.9. The minimum absolute atomic E-state index is 0. The smallest absolute Gasteiger partial charge is 0.320 e. The first-order valence-corrected chi connectivity index (χ1v) is 7.87. The number of amides is 1. The number of hydrogen-bond acceptors (Lipinski definition) is 3. The SMILES string of the molecule is CCCC(NC(C(=O)N(CC)CC)c1ccccc1)C(=O)O.Cl. The van der Waals surface area contributed by atoms with Crippen molar-refractivity contribution < 1.29 is 14.7 Å². The third kappa shape index (κ3) is 6.20. The number of hydrogen-bond donors (Lipinski definition) is 2. The molecule has 1 amide bonds. The van der Waals surface area contributed by atoms with Crippen molar-refractivity contribution in [2.45, 2.75) is 45.7 Å². The van der Waals surface area contributed by atoms with Gasteiger partial charge in [0.1, 0.15) is 12.1 Å². The Bertz CT molecular complexity index is 478. The van der Waals surface area contributed by atoms with E-state index >= 15 is 0 Å². The van der Waals surface area contributed by atoms with Crippen molar-refractivity contribution in [1.82, 2.24) is 10.2 Å². The summed E-state index contributed by atoms with van der Waals surface area (Å²) in [5, 5.41) is 12.4. The highest BCUT2D eigenvalue weighted by molar-refractivity contribution is 5.85. The van der Waals surface area contributed by atoms with Gasteiger partial charge >= 0.3 is 5.97 Å². The number of carboxylic acids is 1. The third-order valence-electron chi connectivity index (χ3n) is 3.70. The molecule has 0 spiro atoms. The molecule has 2 unspecified atom stereocenters. The molecule has 1 aromatic rings. The number of aliphatic carboxylic acids is 1. The maximum atomic E-state index is 12.7. The summed E-state index contributed by atoms with van der Waals surface area (Å²) < 4.78 is 0. The van der Waals surface area contributed by atoms with Gasteiger partial charge in [-0.25, -0.2) is 0 Å². The number of benzene rings is 1. The van der Waals surface area contributed by atoms with E-state index in [0.717, 1.165) is 12.0 Å². The normalized spacial score (nSPS) is 12.8. The van der Waals surface area contributed by atoms with Gasteiger partial charge in [-0.2, -0.15) is 0 Å². The zero-order chi connectivity index (χ0) is 16.5. The number of carboxylic acid groups (broad SMARTS) is 1. The molecule has 0 aromatic heterocycles. The zero-order valence-corrected chi connectivity index (χ0v) is 14.8. The molecule has 0 aliphatic carbocycles. The molecule has 0 aliphatic rings. The Kier molecular flexibility index (Phi) is 10.3. The zero-order valence-electron chi connectivity index (χ0n) is 14.0.